The van der Waals surface area contributed by atoms with Gasteiger partial charge in [-0.3, -0.25) is 0 Å². The van der Waals surface area contributed by atoms with Crippen molar-refractivity contribution in [2.24, 2.45) is 0 Å². The molecule has 1 nitrogen and oxygen atoms in total. The zero-order chi connectivity index (χ0) is 32.7. The van der Waals surface area contributed by atoms with E-state index in [9.17, 15) is 26.3 Å². The number of fused-ring (bicyclic) bond motifs is 2. The molecule has 0 radical (unpaired) electrons. The van der Waals surface area contributed by atoms with Crippen molar-refractivity contribution in [3.63, 3.8) is 0 Å². The highest BCUT2D eigenvalue weighted by atomic mass is 19.4. The molecule has 0 aliphatic carbocycles. The first-order valence-electron chi connectivity index (χ1n) is 13.1. The fourth-order valence-electron chi connectivity index (χ4n) is 4.81. The molecule has 5 aromatic rings. The number of rotatable bonds is 7. The van der Waals surface area contributed by atoms with Gasteiger partial charge in [0.1, 0.15) is 34.6 Å². The second-order valence-corrected chi connectivity index (χ2v) is 9.96. The summed E-state index contributed by atoms with van der Waals surface area (Å²) in [6.07, 6.45) is -6.51. The minimum Gasteiger partial charge on any atom is -0.429 e. The van der Waals surface area contributed by atoms with E-state index >= 15 is 17.6 Å². The number of halogens is 10. The fourth-order valence-corrected chi connectivity index (χ4v) is 4.81. The number of aryl methyl sites for hydroxylation is 1. The van der Waals surface area contributed by atoms with Crippen LogP contribution in [0.3, 0.4) is 0 Å². The second-order valence-electron chi connectivity index (χ2n) is 9.96. The van der Waals surface area contributed by atoms with E-state index < -0.39 is 69.0 Å². The lowest BCUT2D eigenvalue weighted by atomic mass is 9.97. The van der Waals surface area contributed by atoms with E-state index in [4.69, 9.17) is 0 Å². The van der Waals surface area contributed by atoms with Gasteiger partial charge in [-0.15, -0.1) is 6.58 Å². The third kappa shape index (κ3) is 6.60. The van der Waals surface area contributed by atoms with Gasteiger partial charge < -0.3 is 4.74 Å². The Labute approximate surface area is 249 Å². The summed E-state index contributed by atoms with van der Waals surface area (Å²) in [6, 6.07) is 13.0. The summed E-state index contributed by atoms with van der Waals surface area (Å²) in [5.41, 5.74) is -1.89. The van der Waals surface area contributed by atoms with Gasteiger partial charge in [0.05, 0.1) is 10.9 Å². The van der Waals surface area contributed by atoms with Crippen molar-refractivity contribution in [3.8, 4) is 28.7 Å². The lowest BCUT2D eigenvalue weighted by Gasteiger charge is -2.20. The predicted octanol–water partition coefficient (Wildman–Crippen LogP) is 10.5. The molecule has 0 aliphatic rings. The highest BCUT2D eigenvalue weighted by molar-refractivity contribution is 5.88. The maximum absolute atomic E-state index is 15.1. The first-order chi connectivity index (χ1) is 21.2. The average Bonchev–Trinajstić information content (AvgIpc) is 2.93. The van der Waals surface area contributed by atoms with Crippen molar-refractivity contribution in [2.45, 2.75) is 25.1 Å². The average molecular weight is 632 g/mol. The molecule has 0 aliphatic heterocycles. The van der Waals surface area contributed by atoms with Crippen molar-refractivity contribution in [3.05, 3.63) is 125 Å². The molecular weight excluding hydrogens is 614 g/mol. The van der Waals surface area contributed by atoms with Gasteiger partial charge >= 0.3 is 12.3 Å². The van der Waals surface area contributed by atoms with E-state index in [1.807, 2.05) is 18.2 Å². The van der Waals surface area contributed by atoms with E-state index in [0.29, 0.717) is 35.7 Å². The molecule has 0 amide bonds. The fraction of sp³-hybridized carbons (Fsp3) is 0.118. The summed E-state index contributed by atoms with van der Waals surface area (Å²) < 4.78 is 146. The Kier molecular flexibility index (Phi) is 8.27. The van der Waals surface area contributed by atoms with E-state index in [2.05, 4.69) is 11.3 Å². The number of hydrogen-bond donors (Lipinski definition) is 0. The van der Waals surface area contributed by atoms with Gasteiger partial charge in [-0.1, -0.05) is 42.3 Å². The predicted molar refractivity (Wildman–Crippen MR) is 149 cm³/mol. The topological polar surface area (TPSA) is 9.23 Å². The molecule has 0 saturated heterocycles. The highest BCUT2D eigenvalue weighted by Crippen LogP contribution is 2.39. The number of allylic oxidation sites excluding steroid dienone is 1. The molecule has 0 heterocycles. The second kappa shape index (κ2) is 11.8. The number of ether oxygens (including phenoxy) is 1. The molecule has 0 aromatic heterocycles. The van der Waals surface area contributed by atoms with Crippen LogP contribution < -0.4 is 4.74 Å². The monoisotopic (exact) mass is 632 g/mol. The van der Waals surface area contributed by atoms with Crippen molar-refractivity contribution in [2.75, 3.05) is 0 Å². The lowest BCUT2D eigenvalue weighted by Crippen LogP contribution is -2.25. The summed E-state index contributed by atoms with van der Waals surface area (Å²) >= 11 is 0. The van der Waals surface area contributed by atoms with Gasteiger partial charge in [-0.25, -0.2) is 22.0 Å². The minimum absolute atomic E-state index is 0.0608. The molecule has 0 unspecified atom stereocenters. The lowest BCUT2D eigenvalue weighted by molar-refractivity contribution is -0.189. The van der Waals surface area contributed by atoms with Crippen LogP contribution in [0.5, 0.6) is 5.75 Å². The molecule has 0 fully saturated rings. The van der Waals surface area contributed by atoms with Crippen molar-refractivity contribution >= 4 is 21.5 Å². The van der Waals surface area contributed by atoms with Crippen molar-refractivity contribution in [1.82, 2.24) is 0 Å². The van der Waals surface area contributed by atoms with Gasteiger partial charge in [0.25, 0.3) is 0 Å². The van der Waals surface area contributed by atoms with Crippen molar-refractivity contribution in [1.29, 1.82) is 0 Å². The van der Waals surface area contributed by atoms with Crippen LogP contribution in [0.1, 0.15) is 23.1 Å². The Morgan fingerprint density at radius 3 is 2.02 bits per heavy atom. The number of hydrogen-bond acceptors (Lipinski definition) is 1. The molecule has 11 heteroatoms. The molecule has 0 bridgehead atoms. The Morgan fingerprint density at radius 1 is 0.689 bits per heavy atom. The molecule has 0 N–H and O–H groups in total. The van der Waals surface area contributed by atoms with Crippen LogP contribution in [-0.4, -0.2) is 6.18 Å². The first kappa shape index (κ1) is 31.4. The third-order valence-corrected chi connectivity index (χ3v) is 6.84. The SMILES string of the molecule is C=CCCc1ccc2cc(-c3cc(F)c(C(F)(F)Oc4cc(F)c5c(F)c(C#CC(F)(F)F)c(F)cc5c4)c(F)c3)ccc2c1. The summed E-state index contributed by atoms with van der Waals surface area (Å²) in [5.74, 6) is -7.67. The molecule has 230 valence electrons. The normalized spacial score (nSPS) is 11.9. The summed E-state index contributed by atoms with van der Waals surface area (Å²) in [4.78, 5) is 0. The highest BCUT2D eigenvalue weighted by Gasteiger charge is 2.41. The molecule has 0 saturated carbocycles. The molecule has 45 heavy (non-hydrogen) atoms. The van der Waals surface area contributed by atoms with E-state index in [0.717, 1.165) is 29.2 Å². The van der Waals surface area contributed by atoms with Gasteiger partial charge in [-0.2, -0.15) is 22.0 Å². The molecule has 0 atom stereocenters. The van der Waals surface area contributed by atoms with Crippen molar-refractivity contribution < 1.29 is 48.6 Å². The van der Waals surface area contributed by atoms with Gasteiger partial charge in [0, 0.05) is 12.0 Å². The molecule has 0 spiro atoms. The molecule has 5 rings (SSSR count). The maximum atomic E-state index is 15.1. The molecular formula is C34H18F10O. The number of benzene rings is 5. The van der Waals surface area contributed by atoms with E-state index in [1.165, 1.54) is 5.92 Å². The zero-order valence-electron chi connectivity index (χ0n) is 22.7. The Bertz CT molecular complexity index is 2010. The summed E-state index contributed by atoms with van der Waals surface area (Å²) in [7, 11) is 0. The minimum atomic E-state index is -5.11. The molecule has 5 aromatic carbocycles. The van der Waals surface area contributed by atoms with Crippen LogP contribution in [0.4, 0.5) is 43.9 Å². The maximum Gasteiger partial charge on any atom is 0.458 e. The van der Waals surface area contributed by atoms with Crippen LogP contribution in [0.25, 0.3) is 32.7 Å². The van der Waals surface area contributed by atoms with Crippen LogP contribution in [0, 0.1) is 40.9 Å². The number of alkyl halides is 5. The summed E-state index contributed by atoms with van der Waals surface area (Å²) in [6.45, 7) is 3.69. The standard InChI is InChI=1S/C34H18F10O/c1-2-3-4-18-5-6-20-12-21(8-7-19(20)11-18)22-14-28(37)31(29(38)15-22)34(43,44)45-24-13-23-16-26(35)25(9-10-33(40,41)42)32(39)30(23)27(36)17-24/h2,5-8,11-17H,1,3-4H2. The third-order valence-electron chi connectivity index (χ3n) is 6.84. The Balaban J connectivity index is 1.46. The summed E-state index contributed by atoms with van der Waals surface area (Å²) in [5, 5.41) is -0.206. The quantitative estimate of drug-likeness (QED) is 0.0986. The van der Waals surface area contributed by atoms with E-state index in [-0.39, 0.29) is 11.6 Å². The van der Waals surface area contributed by atoms with Gasteiger partial charge in [0.2, 0.25) is 0 Å². The zero-order valence-corrected chi connectivity index (χ0v) is 22.7. The smallest absolute Gasteiger partial charge is 0.429 e. The Morgan fingerprint density at radius 2 is 1.36 bits per heavy atom. The largest absolute Gasteiger partial charge is 0.458 e. The first-order valence-corrected chi connectivity index (χ1v) is 13.1. The van der Waals surface area contributed by atoms with Crippen LogP contribution in [0.2, 0.25) is 0 Å². The Hall–Kier alpha value is -4.98. The van der Waals surface area contributed by atoms with E-state index in [1.54, 1.807) is 24.3 Å². The van der Waals surface area contributed by atoms with Crippen LogP contribution >= 0.6 is 0 Å². The van der Waals surface area contributed by atoms with Crippen LogP contribution in [-0.2, 0) is 12.5 Å². The van der Waals surface area contributed by atoms with Gasteiger partial charge in [0.15, 0.2) is 5.82 Å². The van der Waals surface area contributed by atoms with Gasteiger partial charge in [-0.05, 0) is 76.0 Å². The van der Waals surface area contributed by atoms with Crippen LogP contribution in [0.15, 0.2) is 79.4 Å².